The number of hydrogen-bond donors (Lipinski definition) is 3. The minimum atomic E-state index is -0.343. The van der Waals surface area contributed by atoms with Gasteiger partial charge in [0.15, 0.2) is 0 Å². The standard InChI is InChI=1S/C13H16FN3O/c1-9(12-6-10(14)2-3-13(12)18)16-5-4-11-7-15-8-17-11/h2-3,6-9,16,18H,4-5H2,1H3,(H,15,17). The highest BCUT2D eigenvalue weighted by Crippen LogP contribution is 2.24. The molecule has 4 nitrogen and oxygen atoms in total. The van der Waals surface area contributed by atoms with Gasteiger partial charge >= 0.3 is 0 Å². The molecule has 1 heterocycles. The lowest BCUT2D eigenvalue weighted by atomic mass is 10.1. The molecule has 2 aromatic rings. The molecule has 0 saturated heterocycles. The molecule has 1 aromatic carbocycles. The summed E-state index contributed by atoms with van der Waals surface area (Å²) in [5, 5.41) is 12.9. The van der Waals surface area contributed by atoms with Gasteiger partial charge in [0.25, 0.3) is 0 Å². The third-order valence-corrected chi connectivity index (χ3v) is 2.86. The average molecular weight is 249 g/mol. The molecule has 0 aliphatic heterocycles. The van der Waals surface area contributed by atoms with E-state index in [-0.39, 0.29) is 17.6 Å². The maximum absolute atomic E-state index is 13.1. The molecular weight excluding hydrogens is 233 g/mol. The first-order valence-electron chi connectivity index (χ1n) is 5.86. The van der Waals surface area contributed by atoms with Crippen molar-refractivity contribution in [2.75, 3.05) is 6.54 Å². The molecule has 0 aliphatic rings. The number of aromatic amines is 1. The molecule has 3 N–H and O–H groups in total. The summed E-state index contributed by atoms with van der Waals surface area (Å²) in [5.41, 5.74) is 1.61. The fraction of sp³-hybridized carbons (Fsp3) is 0.308. The lowest BCUT2D eigenvalue weighted by Gasteiger charge is -2.15. The van der Waals surface area contributed by atoms with Crippen molar-refractivity contribution in [2.45, 2.75) is 19.4 Å². The van der Waals surface area contributed by atoms with Gasteiger partial charge in [-0.1, -0.05) is 0 Å². The number of imidazole rings is 1. The lowest BCUT2D eigenvalue weighted by Crippen LogP contribution is -2.21. The summed E-state index contributed by atoms with van der Waals surface area (Å²) < 4.78 is 13.1. The SMILES string of the molecule is CC(NCCc1cnc[nH]1)c1cc(F)ccc1O. The number of hydrogen-bond acceptors (Lipinski definition) is 3. The fourth-order valence-corrected chi connectivity index (χ4v) is 1.83. The molecule has 0 spiro atoms. The Morgan fingerprint density at radius 1 is 1.50 bits per heavy atom. The van der Waals surface area contributed by atoms with Crippen molar-refractivity contribution in [3.8, 4) is 5.75 Å². The molecule has 1 atom stereocenters. The smallest absolute Gasteiger partial charge is 0.123 e. The van der Waals surface area contributed by atoms with E-state index in [1.165, 1.54) is 18.2 Å². The number of nitrogens with zero attached hydrogens (tertiary/aromatic N) is 1. The Bertz CT molecular complexity index is 499. The van der Waals surface area contributed by atoms with E-state index in [1.807, 2.05) is 6.92 Å². The Hall–Kier alpha value is -1.88. The molecule has 0 fully saturated rings. The van der Waals surface area contributed by atoms with E-state index in [2.05, 4.69) is 15.3 Å². The predicted octanol–water partition coefficient (Wildman–Crippen LogP) is 2.15. The van der Waals surface area contributed by atoms with Crippen LogP contribution in [0.5, 0.6) is 5.75 Å². The van der Waals surface area contributed by atoms with Crippen molar-refractivity contribution >= 4 is 0 Å². The molecule has 0 aliphatic carbocycles. The minimum absolute atomic E-state index is 0.108. The van der Waals surface area contributed by atoms with Crippen molar-refractivity contribution in [1.29, 1.82) is 0 Å². The largest absolute Gasteiger partial charge is 0.508 e. The van der Waals surface area contributed by atoms with Crippen molar-refractivity contribution in [3.63, 3.8) is 0 Å². The molecule has 5 heteroatoms. The average Bonchev–Trinajstić information content (AvgIpc) is 2.85. The van der Waals surface area contributed by atoms with Crippen molar-refractivity contribution in [3.05, 3.63) is 47.8 Å². The van der Waals surface area contributed by atoms with Crippen LogP contribution in [-0.4, -0.2) is 21.6 Å². The molecule has 0 saturated carbocycles. The summed E-state index contributed by atoms with van der Waals surface area (Å²) in [6.45, 7) is 2.61. The quantitative estimate of drug-likeness (QED) is 0.761. The number of phenols is 1. The Labute approximate surface area is 105 Å². The van der Waals surface area contributed by atoms with E-state index in [0.717, 1.165) is 18.7 Å². The second-order valence-corrected chi connectivity index (χ2v) is 4.21. The van der Waals surface area contributed by atoms with Crippen LogP contribution in [0.2, 0.25) is 0 Å². The molecule has 0 amide bonds. The summed E-state index contributed by atoms with van der Waals surface area (Å²) >= 11 is 0. The number of rotatable bonds is 5. The molecule has 18 heavy (non-hydrogen) atoms. The molecule has 1 aromatic heterocycles. The third kappa shape index (κ3) is 3.07. The molecule has 2 rings (SSSR count). The molecular formula is C13H16FN3O. The first kappa shape index (κ1) is 12.6. The van der Waals surface area contributed by atoms with E-state index in [1.54, 1.807) is 12.5 Å². The van der Waals surface area contributed by atoms with Gasteiger partial charge in [0.2, 0.25) is 0 Å². The second kappa shape index (κ2) is 5.64. The summed E-state index contributed by atoms with van der Waals surface area (Å²) in [6.07, 6.45) is 4.21. The summed E-state index contributed by atoms with van der Waals surface area (Å²) in [7, 11) is 0. The van der Waals surface area contributed by atoms with Gasteiger partial charge in [0, 0.05) is 36.5 Å². The van der Waals surface area contributed by atoms with Crippen molar-refractivity contribution in [2.24, 2.45) is 0 Å². The topological polar surface area (TPSA) is 60.9 Å². The number of nitrogens with one attached hydrogen (secondary N) is 2. The van der Waals surface area contributed by atoms with Crippen LogP contribution in [0.25, 0.3) is 0 Å². The number of aromatic hydroxyl groups is 1. The highest BCUT2D eigenvalue weighted by Gasteiger charge is 2.10. The van der Waals surface area contributed by atoms with Crippen LogP contribution in [0.3, 0.4) is 0 Å². The molecule has 96 valence electrons. The number of H-pyrrole nitrogens is 1. The second-order valence-electron chi connectivity index (χ2n) is 4.21. The van der Waals surface area contributed by atoms with Crippen LogP contribution in [-0.2, 0) is 6.42 Å². The van der Waals surface area contributed by atoms with E-state index in [4.69, 9.17) is 0 Å². The first-order valence-corrected chi connectivity index (χ1v) is 5.86. The van der Waals surface area contributed by atoms with Gasteiger partial charge in [0.1, 0.15) is 11.6 Å². The lowest BCUT2D eigenvalue weighted by molar-refractivity contribution is 0.449. The van der Waals surface area contributed by atoms with Crippen molar-refractivity contribution in [1.82, 2.24) is 15.3 Å². The molecule has 0 radical (unpaired) electrons. The molecule has 1 unspecified atom stereocenters. The Balaban J connectivity index is 1.91. The van der Waals surface area contributed by atoms with E-state index in [9.17, 15) is 9.50 Å². The van der Waals surface area contributed by atoms with Gasteiger partial charge in [-0.15, -0.1) is 0 Å². The first-order chi connectivity index (χ1) is 8.66. The van der Waals surface area contributed by atoms with Gasteiger partial charge in [-0.05, 0) is 25.1 Å². The number of phenolic OH excluding ortho intramolecular Hbond substituents is 1. The normalized spacial score (nSPS) is 12.6. The van der Waals surface area contributed by atoms with Gasteiger partial charge in [0.05, 0.1) is 6.33 Å². The maximum Gasteiger partial charge on any atom is 0.123 e. The maximum atomic E-state index is 13.1. The Kier molecular flexibility index (Phi) is 3.94. The monoisotopic (exact) mass is 249 g/mol. The van der Waals surface area contributed by atoms with Gasteiger partial charge in [-0.25, -0.2) is 9.37 Å². The Morgan fingerprint density at radius 3 is 3.06 bits per heavy atom. The van der Waals surface area contributed by atoms with Gasteiger partial charge in [-0.2, -0.15) is 0 Å². The zero-order valence-corrected chi connectivity index (χ0v) is 10.2. The van der Waals surface area contributed by atoms with Crippen LogP contribution >= 0.6 is 0 Å². The van der Waals surface area contributed by atoms with E-state index < -0.39 is 0 Å². The van der Waals surface area contributed by atoms with Crippen LogP contribution < -0.4 is 5.32 Å². The number of benzene rings is 1. The van der Waals surface area contributed by atoms with Crippen LogP contribution in [0.4, 0.5) is 4.39 Å². The van der Waals surface area contributed by atoms with Crippen LogP contribution in [0, 0.1) is 5.82 Å². The number of aromatic nitrogens is 2. The zero-order chi connectivity index (χ0) is 13.0. The molecule has 0 bridgehead atoms. The zero-order valence-electron chi connectivity index (χ0n) is 10.2. The third-order valence-electron chi connectivity index (χ3n) is 2.86. The van der Waals surface area contributed by atoms with E-state index in [0.29, 0.717) is 5.56 Å². The van der Waals surface area contributed by atoms with Crippen molar-refractivity contribution < 1.29 is 9.50 Å². The minimum Gasteiger partial charge on any atom is -0.508 e. The number of halogens is 1. The summed E-state index contributed by atoms with van der Waals surface area (Å²) in [6, 6.07) is 3.86. The highest BCUT2D eigenvalue weighted by molar-refractivity contribution is 5.34. The summed E-state index contributed by atoms with van der Waals surface area (Å²) in [4.78, 5) is 6.94. The van der Waals surface area contributed by atoms with Crippen LogP contribution in [0.15, 0.2) is 30.7 Å². The van der Waals surface area contributed by atoms with Gasteiger partial charge in [-0.3, -0.25) is 0 Å². The highest BCUT2D eigenvalue weighted by atomic mass is 19.1. The summed E-state index contributed by atoms with van der Waals surface area (Å²) in [5.74, 6) is -0.233. The Morgan fingerprint density at radius 2 is 2.33 bits per heavy atom. The fourth-order valence-electron chi connectivity index (χ4n) is 1.83. The van der Waals surface area contributed by atoms with Gasteiger partial charge < -0.3 is 15.4 Å². The van der Waals surface area contributed by atoms with Crippen LogP contribution in [0.1, 0.15) is 24.2 Å². The predicted molar refractivity (Wildman–Crippen MR) is 66.8 cm³/mol. The van der Waals surface area contributed by atoms with E-state index >= 15 is 0 Å².